The molecule has 0 atom stereocenters. The van der Waals surface area contributed by atoms with Crippen LogP contribution in [0.5, 0.6) is 0 Å². The maximum atomic E-state index is 13.9. The summed E-state index contributed by atoms with van der Waals surface area (Å²) in [6, 6.07) is 22.7. The zero-order chi connectivity index (χ0) is 22.3. The van der Waals surface area contributed by atoms with Crippen molar-refractivity contribution >= 4 is 28.5 Å². The van der Waals surface area contributed by atoms with Gasteiger partial charge in [-0.1, -0.05) is 42.5 Å². The summed E-state index contributed by atoms with van der Waals surface area (Å²) < 4.78 is 15.7. The Hall–Kier alpha value is -4.00. The summed E-state index contributed by atoms with van der Waals surface area (Å²) in [5.74, 6) is -0.199. The van der Waals surface area contributed by atoms with Crippen LogP contribution in [0.15, 0.2) is 78.9 Å². The molecule has 0 saturated heterocycles. The minimum absolute atomic E-state index is 0.0144. The molecule has 0 aliphatic heterocycles. The van der Waals surface area contributed by atoms with Gasteiger partial charge in [0, 0.05) is 18.5 Å². The van der Waals surface area contributed by atoms with Gasteiger partial charge in [-0.2, -0.15) is 0 Å². The standard InChI is InChI=1S/C25H23FN4O2/c26-19-11-4-5-12-20(19)29-24(31)17-30-22-14-7-6-13-21(22)28-23(30)15-8-16-27-25(32)18-9-2-1-3-10-18/h1-7,9-14H,8,15-17H2,(H,27,32)(H,29,31). The fraction of sp³-hybridized carbons (Fsp3) is 0.160. The Morgan fingerprint density at radius 2 is 1.62 bits per heavy atom. The second-order valence-electron chi connectivity index (χ2n) is 7.36. The van der Waals surface area contributed by atoms with Crippen molar-refractivity contribution in [1.82, 2.24) is 14.9 Å². The molecule has 7 heteroatoms. The number of amides is 2. The predicted molar refractivity (Wildman–Crippen MR) is 122 cm³/mol. The van der Waals surface area contributed by atoms with Gasteiger partial charge in [-0.05, 0) is 42.8 Å². The number of carbonyl (C=O) groups is 2. The van der Waals surface area contributed by atoms with E-state index in [-0.39, 0.29) is 24.0 Å². The molecule has 3 aromatic carbocycles. The minimum atomic E-state index is -0.481. The third-order valence-corrected chi connectivity index (χ3v) is 5.08. The largest absolute Gasteiger partial charge is 0.352 e. The number of fused-ring (bicyclic) bond motifs is 1. The third-order valence-electron chi connectivity index (χ3n) is 5.08. The predicted octanol–water partition coefficient (Wildman–Crippen LogP) is 4.18. The van der Waals surface area contributed by atoms with Crippen LogP contribution >= 0.6 is 0 Å². The molecule has 0 aliphatic rings. The van der Waals surface area contributed by atoms with E-state index in [0.29, 0.717) is 24.9 Å². The lowest BCUT2D eigenvalue weighted by Gasteiger charge is -2.11. The van der Waals surface area contributed by atoms with Gasteiger partial charge in [0.05, 0.1) is 16.7 Å². The van der Waals surface area contributed by atoms with Crippen molar-refractivity contribution in [3.05, 3.63) is 96.1 Å². The third kappa shape index (κ3) is 5.00. The molecule has 0 unspecified atom stereocenters. The first-order valence-electron chi connectivity index (χ1n) is 10.4. The van der Waals surface area contributed by atoms with E-state index < -0.39 is 5.82 Å². The van der Waals surface area contributed by atoms with Gasteiger partial charge in [0.15, 0.2) is 0 Å². The lowest BCUT2D eigenvalue weighted by Crippen LogP contribution is -2.25. The molecule has 6 nitrogen and oxygen atoms in total. The fourth-order valence-electron chi connectivity index (χ4n) is 3.53. The molecule has 0 fully saturated rings. The van der Waals surface area contributed by atoms with Gasteiger partial charge in [-0.25, -0.2) is 9.37 Å². The second kappa shape index (κ2) is 9.87. The average molecular weight is 430 g/mol. The smallest absolute Gasteiger partial charge is 0.251 e. The number of imidazole rings is 1. The summed E-state index contributed by atoms with van der Waals surface area (Å²) in [6.45, 7) is 0.499. The molecule has 2 amide bonds. The molecule has 1 aromatic heterocycles. The first kappa shape index (κ1) is 21.2. The molecule has 4 rings (SSSR count). The van der Waals surface area contributed by atoms with Crippen LogP contribution in [0, 0.1) is 5.82 Å². The van der Waals surface area contributed by atoms with E-state index in [2.05, 4.69) is 15.6 Å². The van der Waals surface area contributed by atoms with Gasteiger partial charge in [0.2, 0.25) is 5.91 Å². The summed E-state index contributed by atoms with van der Waals surface area (Å²) >= 11 is 0. The highest BCUT2D eigenvalue weighted by Gasteiger charge is 2.15. The number of nitrogens with zero attached hydrogens (tertiary/aromatic N) is 2. The van der Waals surface area contributed by atoms with Crippen LogP contribution in [0.25, 0.3) is 11.0 Å². The number of nitrogens with one attached hydrogen (secondary N) is 2. The van der Waals surface area contributed by atoms with Crippen molar-refractivity contribution in [2.45, 2.75) is 19.4 Å². The molecule has 32 heavy (non-hydrogen) atoms. The van der Waals surface area contributed by atoms with Crippen LogP contribution in [0.4, 0.5) is 10.1 Å². The van der Waals surface area contributed by atoms with Crippen molar-refractivity contribution in [2.24, 2.45) is 0 Å². The SMILES string of the molecule is O=C(Cn1c(CCCNC(=O)c2ccccc2)nc2ccccc21)Nc1ccccc1F. The van der Waals surface area contributed by atoms with Gasteiger partial charge < -0.3 is 15.2 Å². The fourth-order valence-corrected chi connectivity index (χ4v) is 3.53. The van der Waals surface area contributed by atoms with Crippen LogP contribution in [0.1, 0.15) is 22.6 Å². The van der Waals surface area contributed by atoms with Crippen LogP contribution in [0.3, 0.4) is 0 Å². The Kier molecular flexibility index (Phi) is 6.55. The summed E-state index contributed by atoms with van der Waals surface area (Å²) in [4.78, 5) is 29.5. The number of hydrogen-bond donors (Lipinski definition) is 2. The number of aromatic nitrogens is 2. The molecule has 162 valence electrons. The first-order valence-corrected chi connectivity index (χ1v) is 10.4. The highest BCUT2D eigenvalue weighted by Crippen LogP contribution is 2.18. The molecule has 0 spiro atoms. The number of carbonyl (C=O) groups excluding carboxylic acids is 2. The van der Waals surface area contributed by atoms with Crippen molar-refractivity contribution in [3.63, 3.8) is 0 Å². The zero-order valence-electron chi connectivity index (χ0n) is 17.4. The number of hydrogen-bond acceptors (Lipinski definition) is 3. The van der Waals surface area contributed by atoms with E-state index >= 15 is 0 Å². The van der Waals surface area contributed by atoms with Crippen molar-refractivity contribution in [3.8, 4) is 0 Å². The Morgan fingerprint density at radius 3 is 2.44 bits per heavy atom. The quantitative estimate of drug-likeness (QED) is 0.412. The lowest BCUT2D eigenvalue weighted by molar-refractivity contribution is -0.116. The molecule has 0 bridgehead atoms. The number of halogens is 1. The number of aryl methyl sites for hydroxylation is 1. The maximum Gasteiger partial charge on any atom is 0.251 e. The zero-order valence-corrected chi connectivity index (χ0v) is 17.4. The number of rotatable bonds is 8. The summed E-state index contributed by atoms with van der Waals surface area (Å²) in [7, 11) is 0. The monoisotopic (exact) mass is 430 g/mol. The molecule has 4 aromatic rings. The van der Waals surface area contributed by atoms with E-state index in [1.165, 1.54) is 12.1 Å². The summed E-state index contributed by atoms with van der Waals surface area (Å²) in [5, 5.41) is 5.53. The average Bonchev–Trinajstić information content (AvgIpc) is 3.16. The van der Waals surface area contributed by atoms with E-state index in [9.17, 15) is 14.0 Å². The Bertz CT molecular complexity index is 1240. The van der Waals surface area contributed by atoms with Gasteiger partial charge >= 0.3 is 0 Å². The van der Waals surface area contributed by atoms with Crippen LogP contribution in [-0.2, 0) is 17.8 Å². The van der Waals surface area contributed by atoms with Gasteiger partial charge in [0.1, 0.15) is 18.2 Å². The van der Waals surface area contributed by atoms with E-state index in [1.807, 2.05) is 47.0 Å². The molecule has 0 radical (unpaired) electrons. The molecule has 2 N–H and O–H groups in total. The first-order chi connectivity index (χ1) is 15.6. The number of para-hydroxylation sites is 3. The highest BCUT2D eigenvalue weighted by molar-refractivity contribution is 5.94. The topological polar surface area (TPSA) is 76.0 Å². The minimum Gasteiger partial charge on any atom is -0.352 e. The lowest BCUT2D eigenvalue weighted by atomic mass is 10.2. The van der Waals surface area contributed by atoms with E-state index in [1.54, 1.807) is 24.3 Å². The Morgan fingerprint density at radius 1 is 0.906 bits per heavy atom. The van der Waals surface area contributed by atoms with Crippen molar-refractivity contribution < 1.29 is 14.0 Å². The van der Waals surface area contributed by atoms with Crippen molar-refractivity contribution in [1.29, 1.82) is 0 Å². The molecular formula is C25H23FN4O2. The molecule has 0 saturated carbocycles. The highest BCUT2D eigenvalue weighted by atomic mass is 19.1. The molecule has 1 heterocycles. The summed E-state index contributed by atoms with van der Waals surface area (Å²) in [6.07, 6.45) is 1.24. The normalized spacial score (nSPS) is 10.8. The Balaban J connectivity index is 1.42. The van der Waals surface area contributed by atoms with Crippen LogP contribution in [0.2, 0.25) is 0 Å². The second-order valence-corrected chi connectivity index (χ2v) is 7.36. The number of benzene rings is 3. The maximum absolute atomic E-state index is 13.9. The molecule has 0 aliphatic carbocycles. The number of anilines is 1. The van der Waals surface area contributed by atoms with Gasteiger partial charge in [-0.3, -0.25) is 9.59 Å². The van der Waals surface area contributed by atoms with Gasteiger partial charge in [0.25, 0.3) is 5.91 Å². The molecular weight excluding hydrogens is 407 g/mol. The van der Waals surface area contributed by atoms with E-state index in [0.717, 1.165) is 16.9 Å². The Labute approximate surface area is 185 Å². The van der Waals surface area contributed by atoms with Crippen molar-refractivity contribution in [2.75, 3.05) is 11.9 Å². The van der Waals surface area contributed by atoms with Crippen LogP contribution in [-0.4, -0.2) is 27.9 Å². The van der Waals surface area contributed by atoms with E-state index in [4.69, 9.17) is 0 Å². The van der Waals surface area contributed by atoms with Gasteiger partial charge in [-0.15, -0.1) is 0 Å². The van der Waals surface area contributed by atoms with Crippen LogP contribution < -0.4 is 10.6 Å². The summed E-state index contributed by atoms with van der Waals surface area (Å²) in [5.41, 5.74) is 2.38.